The predicted octanol–water partition coefficient (Wildman–Crippen LogP) is 0.985. The van der Waals surface area contributed by atoms with Crippen LogP contribution in [-0.2, 0) is 4.79 Å². The SMILES string of the molecule is COc1nc(C2C[C@@H]2C=O)cc(-n2nc(C)nc2C)n1. The van der Waals surface area contributed by atoms with Gasteiger partial charge in [0.05, 0.1) is 12.8 Å². The molecule has 0 aliphatic heterocycles. The van der Waals surface area contributed by atoms with Crippen LogP contribution in [0.15, 0.2) is 6.07 Å². The summed E-state index contributed by atoms with van der Waals surface area (Å²) in [4.78, 5) is 23.7. The molecule has 0 amide bonds. The fourth-order valence-corrected chi connectivity index (χ4v) is 2.26. The van der Waals surface area contributed by atoms with Crippen LogP contribution in [0.3, 0.4) is 0 Å². The lowest BCUT2D eigenvalue weighted by Crippen LogP contribution is -2.07. The third-order valence-electron chi connectivity index (χ3n) is 3.38. The maximum atomic E-state index is 10.8. The lowest BCUT2D eigenvalue weighted by Gasteiger charge is -2.07. The second-order valence-electron chi connectivity index (χ2n) is 4.90. The minimum atomic E-state index is 0.0565. The van der Waals surface area contributed by atoms with Gasteiger partial charge in [-0.1, -0.05) is 0 Å². The highest BCUT2D eigenvalue weighted by molar-refractivity contribution is 5.61. The molecular formula is C13H15N5O2. The number of hydrogen-bond acceptors (Lipinski definition) is 6. The molecule has 0 N–H and O–H groups in total. The van der Waals surface area contributed by atoms with Crippen molar-refractivity contribution in [2.75, 3.05) is 7.11 Å². The minimum Gasteiger partial charge on any atom is -0.467 e. The number of aryl methyl sites for hydroxylation is 2. The van der Waals surface area contributed by atoms with Gasteiger partial charge in [-0.05, 0) is 20.3 Å². The first-order valence-electron chi connectivity index (χ1n) is 6.41. The molecule has 7 nitrogen and oxygen atoms in total. The van der Waals surface area contributed by atoms with Crippen LogP contribution < -0.4 is 4.74 Å². The Morgan fingerprint density at radius 1 is 1.35 bits per heavy atom. The van der Waals surface area contributed by atoms with E-state index in [0.29, 0.717) is 11.6 Å². The normalized spacial score (nSPS) is 20.8. The summed E-state index contributed by atoms with van der Waals surface area (Å²) in [6.07, 6.45) is 1.81. The number of methoxy groups -OCH3 is 1. The molecule has 7 heteroatoms. The van der Waals surface area contributed by atoms with Crippen molar-refractivity contribution in [2.24, 2.45) is 5.92 Å². The molecule has 2 atom stereocenters. The van der Waals surface area contributed by atoms with Gasteiger partial charge in [-0.2, -0.15) is 14.6 Å². The third-order valence-corrected chi connectivity index (χ3v) is 3.38. The van der Waals surface area contributed by atoms with Crippen molar-refractivity contribution in [1.29, 1.82) is 0 Å². The maximum Gasteiger partial charge on any atom is 0.318 e. The van der Waals surface area contributed by atoms with E-state index in [4.69, 9.17) is 4.74 Å². The Balaban J connectivity index is 2.04. The second-order valence-corrected chi connectivity index (χ2v) is 4.90. The van der Waals surface area contributed by atoms with E-state index < -0.39 is 0 Å². The van der Waals surface area contributed by atoms with Gasteiger partial charge in [0.1, 0.15) is 17.9 Å². The lowest BCUT2D eigenvalue weighted by molar-refractivity contribution is -0.108. The number of rotatable bonds is 4. The Kier molecular flexibility index (Phi) is 2.96. The monoisotopic (exact) mass is 273 g/mol. The molecule has 1 aliphatic carbocycles. The highest BCUT2D eigenvalue weighted by Gasteiger charge is 2.40. The van der Waals surface area contributed by atoms with Crippen LogP contribution in [-0.4, -0.2) is 38.1 Å². The Morgan fingerprint density at radius 2 is 2.15 bits per heavy atom. The van der Waals surface area contributed by atoms with Gasteiger partial charge in [0.25, 0.3) is 0 Å². The summed E-state index contributed by atoms with van der Waals surface area (Å²) in [5.74, 6) is 2.26. The molecule has 0 saturated heterocycles. The average Bonchev–Trinajstić information content (AvgIpc) is 3.16. The molecule has 1 unspecified atom stereocenters. The molecule has 2 heterocycles. The Morgan fingerprint density at radius 3 is 2.70 bits per heavy atom. The molecule has 0 bridgehead atoms. The second kappa shape index (κ2) is 4.66. The number of hydrogen-bond donors (Lipinski definition) is 0. The standard InChI is InChI=1S/C13H15N5O2/c1-7-14-8(2)18(17-7)12-5-11(10-4-9(10)6-19)15-13(16-12)20-3/h5-6,9-10H,4H2,1-3H3/t9-,10?/m1/s1. The molecule has 2 aromatic heterocycles. The van der Waals surface area contributed by atoms with Gasteiger partial charge in [-0.15, -0.1) is 5.10 Å². The van der Waals surface area contributed by atoms with Crippen LogP contribution in [0, 0.1) is 19.8 Å². The van der Waals surface area contributed by atoms with E-state index in [1.807, 2.05) is 19.9 Å². The van der Waals surface area contributed by atoms with Crippen LogP contribution >= 0.6 is 0 Å². The summed E-state index contributed by atoms with van der Waals surface area (Å²) in [5, 5.41) is 4.31. The number of carbonyl (C=O) groups is 1. The number of aldehydes is 1. The van der Waals surface area contributed by atoms with E-state index in [9.17, 15) is 4.79 Å². The van der Waals surface area contributed by atoms with Crippen LogP contribution in [0.4, 0.5) is 0 Å². The van der Waals surface area contributed by atoms with Gasteiger partial charge in [-0.3, -0.25) is 0 Å². The minimum absolute atomic E-state index is 0.0565. The van der Waals surface area contributed by atoms with E-state index in [-0.39, 0.29) is 17.8 Å². The number of ether oxygens (including phenoxy) is 1. The van der Waals surface area contributed by atoms with Gasteiger partial charge < -0.3 is 9.53 Å². The molecule has 1 saturated carbocycles. The van der Waals surface area contributed by atoms with Crippen molar-refractivity contribution in [1.82, 2.24) is 24.7 Å². The van der Waals surface area contributed by atoms with Crippen molar-refractivity contribution in [3.63, 3.8) is 0 Å². The summed E-state index contributed by atoms with van der Waals surface area (Å²) in [6, 6.07) is 2.12. The molecule has 20 heavy (non-hydrogen) atoms. The average molecular weight is 273 g/mol. The van der Waals surface area contributed by atoms with Gasteiger partial charge in [0.2, 0.25) is 0 Å². The summed E-state index contributed by atoms with van der Waals surface area (Å²) in [5.41, 5.74) is 0.816. The first-order chi connectivity index (χ1) is 9.62. The van der Waals surface area contributed by atoms with Crippen molar-refractivity contribution in [3.8, 4) is 11.8 Å². The van der Waals surface area contributed by atoms with Crippen LogP contribution in [0.5, 0.6) is 6.01 Å². The topological polar surface area (TPSA) is 82.8 Å². The van der Waals surface area contributed by atoms with Gasteiger partial charge in [-0.25, -0.2) is 4.98 Å². The van der Waals surface area contributed by atoms with E-state index in [0.717, 1.165) is 24.2 Å². The van der Waals surface area contributed by atoms with Gasteiger partial charge >= 0.3 is 6.01 Å². The molecule has 2 aromatic rings. The van der Waals surface area contributed by atoms with Crippen molar-refractivity contribution >= 4 is 6.29 Å². The van der Waals surface area contributed by atoms with E-state index in [2.05, 4.69) is 20.1 Å². The molecule has 3 rings (SSSR count). The van der Waals surface area contributed by atoms with Crippen molar-refractivity contribution < 1.29 is 9.53 Å². The van der Waals surface area contributed by atoms with Crippen LogP contribution in [0.2, 0.25) is 0 Å². The summed E-state index contributed by atoms with van der Waals surface area (Å²) in [7, 11) is 1.52. The van der Waals surface area contributed by atoms with E-state index in [1.54, 1.807) is 4.68 Å². The summed E-state index contributed by atoms with van der Waals surface area (Å²) in [6.45, 7) is 3.69. The smallest absolute Gasteiger partial charge is 0.318 e. The first-order valence-corrected chi connectivity index (χ1v) is 6.41. The zero-order chi connectivity index (χ0) is 14.3. The molecular weight excluding hydrogens is 258 g/mol. The molecule has 104 valence electrons. The van der Waals surface area contributed by atoms with Gasteiger partial charge in [0, 0.05) is 17.9 Å². The fraction of sp³-hybridized carbons (Fsp3) is 0.462. The van der Waals surface area contributed by atoms with Crippen molar-refractivity contribution in [3.05, 3.63) is 23.4 Å². The third kappa shape index (κ3) is 2.15. The predicted molar refractivity (Wildman–Crippen MR) is 69.9 cm³/mol. The van der Waals surface area contributed by atoms with Gasteiger partial charge in [0.15, 0.2) is 5.82 Å². The summed E-state index contributed by atoms with van der Waals surface area (Å²) >= 11 is 0. The van der Waals surface area contributed by atoms with E-state index >= 15 is 0 Å². The fourth-order valence-electron chi connectivity index (χ4n) is 2.26. The van der Waals surface area contributed by atoms with Crippen LogP contribution in [0.25, 0.3) is 5.82 Å². The molecule has 1 fully saturated rings. The Labute approximate surface area is 116 Å². The highest BCUT2D eigenvalue weighted by Crippen LogP contribution is 2.45. The quantitative estimate of drug-likeness (QED) is 0.772. The van der Waals surface area contributed by atoms with Crippen LogP contribution in [0.1, 0.15) is 29.7 Å². The molecule has 0 aromatic carbocycles. The van der Waals surface area contributed by atoms with E-state index in [1.165, 1.54) is 7.11 Å². The highest BCUT2D eigenvalue weighted by atomic mass is 16.5. The largest absolute Gasteiger partial charge is 0.467 e. The summed E-state index contributed by atoms with van der Waals surface area (Å²) < 4.78 is 6.79. The zero-order valence-electron chi connectivity index (χ0n) is 11.6. The number of nitrogens with zero attached hydrogens (tertiary/aromatic N) is 5. The number of aromatic nitrogens is 5. The van der Waals surface area contributed by atoms with Crippen molar-refractivity contribution in [2.45, 2.75) is 26.2 Å². The first kappa shape index (κ1) is 12.7. The maximum absolute atomic E-state index is 10.8. The Bertz CT molecular complexity index is 667. The molecule has 1 aliphatic rings. The lowest BCUT2D eigenvalue weighted by atomic mass is 10.2. The zero-order valence-corrected chi connectivity index (χ0v) is 11.6. The molecule has 0 spiro atoms. The molecule has 0 radical (unpaired) electrons. The Hall–Kier alpha value is -2.31. The number of carbonyl (C=O) groups excluding carboxylic acids is 1.